The number of hydrogen-bond acceptors (Lipinski definition) is 5. The second kappa shape index (κ2) is 8.19. The van der Waals surface area contributed by atoms with Gasteiger partial charge in [-0.1, -0.05) is 24.3 Å². The molecular formula is C22H26N2O4. The van der Waals surface area contributed by atoms with Gasteiger partial charge in [0.2, 0.25) is 11.8 Å². The van der Waals surface area contributed by atoms with E-state index in [0.29, 0.717) is 31.9 Å². The maximum Gasteiger partial charge on any atom is 0.220 e. The van der Waals surface area contributed by atoms with Gasteiger partial charge in [-0.15, -0.1) is 0 Å². The topological polar surface area (TPSA) is 69.7 Å². The predicted molar refractivity (Wildman–Crippen MR) is 104 cm³/mol. The molecule has 0 saturated carbocycles. The molecule has 1 unspecified atom stereocenters. The molecule has 2 aromatic rings. The number of rotatable bonds is 5. The van der Waals surface area contributed by atoms with Crippen molar-refractivity contribution < 1.29 is 19.0 Å². The van der Waals surface area contributed by atoms with Crippen molar-refractivity contribution in [3.05, 3.63) is 53.7 Å². The van der Waals surface area contributed by atoms with Crippen molar-refractivity contribution in [3.8, 4) is 11.6 Å². The number of hydrogen-bond donors (Lipinski definition) is 1. The number of fused-ring (bicyclic) bond motifs is 1. The summed E-state index contributed by atoms with van der Waals surface area (Å²) in [6.45, 7) is 1.40. The maximum absolute atomic E-state index is 12.7. The molecule has 148 valence electrons. The monoisotopic (exact) mass is 382 g/mol. The summed E-state index contributed by atoms with van der Waals surface area (Å²) in [6, 6.07) is 13.6. The number of pyridine rings is 1. The fraction of sp³-hybridized carbons (Fsp3) is 0.455. The minimum absolute atomic E-state index is 0.0218. The number of nitrogens with zero attached hydrogens (tertiary/aromatic N) is 1. The molecule has 6 nitrogen and oxygen atoms in total. The van der Waals surface area contributed by atoms with Gasteiger partial charge in [-0.3, -0.25) is 4.79 Å². The highest BCUT2D eigenvalue weighted by molar-refractivity contribution is 5.77. The van der Waals surface area contributed by atoms with Crippen LogP contribution in [0.5, 0.6) is 11.6 Å². The molecular weight excluding hydrogens is 356 g/mol. The Hall–Kier alpha value is -2.60. The number of ether oxygens (including phenoxy) is 3. The molecule has 28 heavy (non-hydrogen) atoms. The van der Waals surface area contributed by atoms with Crippen molar-refractivity contribution in [2.75, 3.05) is 20.3 Å². The highest BCUT2D eigenvalue weighted by atomic mass is 16.5. The van der Waals surface area contributed by atoms with E-state index in [1.165, 1.54) is 0 Å². The molecule has 2 aliphatic rings. The van der Waals surface area contributed by atoms with E-state index in [0.717, 1.165) is 36.3 Å². The van der Waals surface area contributed by atoms with Gasteiger partial charge < -0.3 is 19.5 Å². The van der Waals surface area contributed by atoms with Crippen LogP contribution in [0.2, 0.25) is 0 Å². The number of amides is 1. The van der Waals surface area contributed by atoms with Gasteiger partial charge in [0.15, 0.2) is 0 Å². The number of nitrogens with one attached hydrogen (secondary N) is 1. The molecule has 1 amide bonds. The average molecular weight is 382 g/mol. The molecule has 1 atom stereocenters. The van der Waals surface area contributed by atoms with E-state index in [1.807, 2.05) is 36.4 Å². The van der Waals surface area contributed by atoms with Crippen LogP contribution in [0.1, 0.15) is 43.0 Å². The summed E-state index contributed by atoms with van der Waals surface area (Å²) in [6.07, 6.45) is 3.43. The van der Waals surface area contributed by atoms with E-state index in [9.17, 15) is 4.79 Å². The van der Waals surface area contributed by atoms with Crippen LogP contribution in [-0.2, 0) is 16.0 Å². The van der Waals surface area contributed by atoms with Crippen molar-refractivity contribution in [3.63, 3.8) is 0 Å². The van der Waals surface area contributed by atoms with Crippen molar-refractivity contribution in [2.24, 2.45) is 0 Å². The summed E-state index contributed by atoms with van der Waals surface area (Å²) in [7, 11) is 1.59. The number of carbonyl (C=O) groups excluding carboxylic acids is 1. The Morgan fingerprint density at radius 2 is 2.04 bits per heavy atom. The van der Waals surface area contributed by atoms with Gasteiger partial charge in [0.25, 0.3) is 0 Å². The van der Waals surface area contributed by atoms with E-state index in [1.54, 1.807) is 13.2 Å². The molecule has 1 aromatic carbocycles. The van der Waals surface area contributed by atoms with Gasteiger partial charge in [0, 0.05) is 43.0 Å². The number of aromatic nitrogens is 1. The summed E-state index contributed by atoms with van der Waals surface area (Å²) in [5.41, 5.74) is 1.65. The number of benzene rings is 1. The van der Waals surface area contributed by atoms with E-state index in [4.69, 9.17) is 14.2 Å². The third-order valence-corrected chi connectivity index (χ3v) is 5.53. The van der Waals surface area contributed by atoms with Gasteiger partial charge in [0.1, 0.15) is 11.4 Å². The van der Waals surface area contributed by atoms with E-state index in [-0.39, 0.29) is 17.6 Å². The SMILES string of the molecule is COc1cccc(CCC(=O)NC2CC3(CCOCC3)Oc3ccccc32)n1. The number of carbonyl (C=O) groups is 1. The molecule has 1 saturated heterocycles. The van der Waals surface area contributed by atoms with Crippen LogP contribution >= 0.6 is 0 Å². The summed E-state index contributed by atoms with van der Waals surface area (Å²) in [4.78, 5) is 17.1. The molecule has 1 N–H and O–H groups in total. The third kappa shape index (κ3) is 4.12. The lowest BCUT2D eigenvalue weighted by atomic mass is 9.82. The van der Waals surface area contributed by atoms with Crippen molar-refractivity contribution in [1.29, 1.82) is 0 Å². The Labute approximate surface area is 165 Å². The van der Waals surface area contributed by atoms with Crippen molar-refractivity contribution in [1.82, 2.24) is 10.3 Å². The highest BCUT2D eigenvalue weighted by Crippen LogP contribution is 2.43. The van der Waals surface area contributed by atoms with E-state index >= 15 is 0 Å². The highest BCUT2D eigenvalue weighted by Gasteiger charge is 2.42. The van der Waals surface area contributed by atoms with Gasteiger partial charge in [-0.05, 0) is 18.6 Å². The van der Waals surface area contributed by atoms with Crippen LogP contribution in [0.3, 0.4) is 0 Å². The minimum Gasteiger partial charge on any atom is -0.487 e. The Morgan fingerprint density at radius 3 is 2.86 bits per heavy atom. The molecule has 1 spiro atoms. The molecule has 3 heterocycles. The largest absolute Gasteiger partial charge is 0.487 e. The third-order valence-electron chi connectivity index (χ3n) is 5.53. The Morgan fingerprint density at radius 1 is 1.21 bits per heavy atom. The molecule has 2 aliphatic heterocycles. The fourth-order valence-corrected chi connectivity index (χ4v) is 4.02. The quantitative estimate of drug-likeness (QED) is 0.860. The minimum atomic E-state index is -0.251. The Balaban J connectivity index is 1.44. The first-order valence-corrected chi connectivity index (χ1v) is 9.82. The molecule has 0 radical (unpaired) electrons. The normalized spacial score (nSPS) is 20.1. The molecule has 1 fully saturated rings. The van der Waals surface area contributed by atoms with Gasteiger partial charge in [-0.2, -0.15) is 0 Å². The lowest BCUT2D eigenvalue weighted by Crippen LogP contribution is -2.48. The summed E-state index contributed by atoms with van der Waals surface area (Å²) in [5.74, 6) is 1.46. The number of para-hydroxylation sites is 1. The summed E-state index contributed by atoms with van der Waals surface area (Å²) >= 11 is 0. The fourth-order valence-electron chi connectivity index (χ4n) is 4.02. The maximum atomic E-state index is 12.7. The second-order valence-electron chi connectivity index (χ2n) is 7.43. The van der Waals surface area contributed by atoms with Gasteiger partial charge in [-0.25, -0.2) is 4.98 Å². The molecule has 0 aliphatic carbocycles. The predicted octanol–water partition coefficient (Wildman–Crippen LogP) is 3.21. The molecule has 4 rings (SSSR count). The Kier molecular flexibility index (Phi) is 5.48. The average Bonchev–Trinajstić information content (AvgIpc) is 2.73. The zero-order valence-electron chi connectivity index (χ0n) is 16.1. The first kappa shape index (κ1) is 18.7. The molecule has 1 aromatic heterocycles. The van der Waals surface area contributed by atoms with Crippen molar-refractivity contribution >= 4 is 5.91 Å². The van der Waals surface area contributed by atoms with Crippen LogP contribution < -0.4 is 14.8 Å². The molecule has 6 heteroatoms. The lowest BCUT2D eigenvalue weighted by Gasteiger charge is -2.44. The van der Waals surface area contributed by atoms with Crippen LogP contribution in [0.15, 0.2) is 42.5 Å². The number of methoxy groups -OCH3 is 1. The van der Waals surface area contributed by atoms with Crippen LogP contribution in [-0.4, -0.2) is 36.8 Å². The van der Waals surface area contributed by atoms with Gasteiger partial charge in [0.05, 0.1) is 26.4 Å². The first-order valence-electron chi connectivity index (χ1n) is 9.82. The van der Waals surface area contributed by atoms with E-state index < -0.39 is 0 Å². The standard InChI is InChI=1S/C22H26N2O4/c1-26-21-8-4-5-16(23-21)9-10-20(25)24-18-15-22(11-13-27-14-12-22)28-19-7-3-2-6-17(18)19/h2-8,18H,9-15H2,1H3,(H,24,25). The van der Waals surface area contributed by atoms with Gasteiger partial charge >= 0.3 is 0 Å². The van der Waals surface area contributed by atoms with Crippen LogP contribution in [0.4, 0.5) is 0 Å². The summed E-state index contributed by atoms with van der Waals surface area (Å²) < 4.78 is 17.0. The zero-order valence-corrected chi connectivity index (χ0v) is 16.1. The summed E-state index contributed by atoms with van der Waals surface area (Å²) in [5, 5.41) is 3.23. The first-order chi connectivity index (χ1) is 13.7. The lowest BCUT2D eigenvalue weighted by molar-refractivity contribution is -0.123. The zero-order chi connectivity index (χ0) is 19.4. The Bertz CT molecular complexity index is 833. The van der Waals surface area contributed by atoms with E-state index in [2.05, 4.69) is 10.3 Å². The smallest absolute Gasteiger partial charge is 0.220 e. The second-order valence-corrected chi connectivity index (χ2v) is 7.43. The molecule has 0 bridgehead atoms. The van der Waals surface area contributed by atoms with Crippen LogP contribution in [0, 0.1) is 0 Å². The number of aryl methyl sites for hydroxylation is 1. The van der Waals surface area contributed by atoms with Crippen molar-refractivity contribution in [2.45, 2.75) is 43.7 Å². The van der Waals surface area contributed by atoms with Crippen LogP contribution in [0.25, 0.3) is 0 Å².